The first-order valence-electron chi connectivity index (χ1n) is 5.00. The molecule has 0 radical (unpaired) electrons. The predicted octanol–water partition coefficient (Wildman–Crippen LogP) is 4.30. The van der Waals surface area contributed by atoms with Gasteiger partial charge in [-0.3, -0.25) is 4.79 Å². The van der Waals surface area contributed by atoms with Crippen LogP contribution in [0.5, 0.6) is 0 Å². The topological polar surface area (TPSA) is 17.1 Å². The first-order chi connectivity index (χ1) is 7.02. The summed E-state index contributed by atoms with van der Waals surface area (Å²) in [6.07, 6.45) is 1.31. The van der Waals surface area contributed by atoms with Gasteiger partial charge in [0.25, 0.3) is 0 Å². The number of aryl methyl sites for hydroxylation is 1. The molecule has 1 nitrogen and oxygen atoms in total. The van der Waals surface area contributed by atoms with Crippen LogP contribution in [0.4, 0.5) is 0 Å². The molecule has 1 aromatic rings. The van der Waals surface area contributed by atoms with Crippen LogP contribution in [0, 0.1) is 6.92 Å². The van der Waals surface area contributed by atoms with Crippen molar-refractivity contribution in [3.63, 3.8) is 0 Å². The summed E-state index contributed by atoms with van der Waals surface area (Å²) in [5.41, 5.74) is 2.84. The second-order valence-corrected chi connectivity index (χ2v) is 4.64. The van der Waals surface area contributed by atoms with E-state index in [2.05, 4.69) is 22.5 Å². The van der Waals surface area contributed by atoms with Gasteiger partial charge >= 0.3 is 0 Å². The predicted molar refractivity (Wildman–Crippen MR) is 67.3 cm³/mol. The summed E-state index contributed by atoms with van der Waals surface area (Å²) in [7, 11) is 0. The molecule has 2 heteroatoms. The molecule has 0 spiro atoms. The molecule has 0 aliphatic rings. The van der Waals surface area contributed by atoms with Gasteiger partial charge in [-0.15, -0.1) is 0 Å². The van der Waals surface area contributed by atoms with E-state index in [1.165, 1.54) is 0 Å². The minimum absolute atomic E-state index is 0.145. The number of hydrogen-bond donors (Lipinski definition) is 0. The van der Waals surface area contributed by atoms with Crippen LogP contribution in [-0.4, -0.2) is 5.78 Å². The summed E-state index contributed by atoms with van der Waals surface area (Å²) in [6.45, 7) is 7.85. The molecule has 1 aromatic carbocycles. The summed E-state index contributed by atoms with van der Waals surface area (Å²) in [4.78, 5) is 11.8. The first kappa shape index (κ1) is 12.2. The molecule has 0 fully saturated rings. The maximum absolute atomic E-state index is 11.8. The molecule has 80 valence electrons. The molecule has 0 saturated heterocycles. The van der Waals surface area contributed by atoms with E-state index in [9.17, 15) is 4.79 Å². The van der Waals surface area contributed by atoms with E-state index in [1.54, 1.807) is 0 Å². The lowest BCUT2D eigenvalue weighted by Crippen LogP contribution is -2.00. The Hall–Kier alpha value is -0.890. The summed E-state index contributed by atoms with van der Waals surface area (Å²) < 4.78 is 0.952. The third-order valence-electron chi connectivity index (χ3n) is 2.27. The van der Waals surface area contributed by atoms with Gasteiger partial charge in [0.05, 0.1) is 0 Å². The molecule has 0 bridgehead atoms. The zero-order valence-corrected chi connectivity index (χ0v) is 10.7. The number of rotatable bonds is 4. The van der Waals surface area contributed by atoms with Gasteiger partial charge < -0.3 is 0 Å². The molecular formula is C13H15BrO. The Morgan fingerprint density at radius 2 is 2.07 bits per heavy atom. The molecule has 15 heavy (non-hydrogen) atoms. The highest BCUT2D eigenvalue weighted by Crippen LogP contribution is 2.18. The second-order valence-electron chi connectivity index (χ2n) is 3.72. The van der Waals surface area contributed by atoms with Crippen molar-refractivity contribution in [1.29, 1.82) is 0 Å². The van der Waals surface area contributed by atoms with E-state index < -0.39 is 0 Å². The van der Waals surface area contributed by atoms with E-state index in [0.29, 0.717) is 6.42 Å². The van der Waals surface area contributed by atoms with Crippen LogP contribution in [0.15, 0.2) is 34.8 Å². The van der Waals surface area contributed by atoms with Crippen LogP contribution in [0.3, 0.4) is 0 Å². The van der Waals surface area contributed by atoms with Crippen LogP contribution in [-0.2, 0) is 0 Å². The van der Waals surface area contributed by atoms with E-state index in [1.807, 2.05) is 32.0 Å². The van der Waals surface area contributed by atoms with Gasteiger partial charge in [0.1, 0.15) is 0 Å². The Labute approximate surface area is 99.3 Å². The number of carbonyl (C=O) groups excluding carboxylic acids is 1. The zero-order valence-electron chi connectivity index (χ0n) is 9.14. The fourth-order valence-electron chi connectivity index (χ4n) is 1.35. The number of halogens is 1. The van der Waals surface area contributed by atoms with Crippen molar-refractivity contribution in [3.8, 4) is 0 Å². The van der Waals surface area contributed by atoms with Crippen LogP contribution in [0.2, 0.25) is 0 Å². The Balaban J connectivity index is 2.86. The Bertz CT molecular complexity index is 373. The minimum atomic E-state index is 0.145. The highest BCUT2D eigenvalue weighted by atomic mass is 79.9. The van der Waals surface area contributed by atoms with Gasteiger partial charge in [0, 0.05) is 16.5 Å². The number of Topliss-reactive ketones (excluding diaryl/α,β-unsaturated/α-hetero) is 1. The van der Waals surface area contributed by atoms with Crippen LogP contribution >= 0.6 is 15.9 Å². The smallest absolute Gasteiger partial charge is 0.166 e. The van der Waals surface area contributed by atoms with Crippen molar-refractivity contribution >= 4 is 21.7 Å². The first-order valence-corrected chi connectivity index (χ1v) is 5.79. The number of allylic oxidation sites excluding steroid dienone is 1. The van der Waals surface area contributed by atoms with Gasteiger partial charge in [-0.05, 0) is 37.1 Å². The maximum Gasteiger partial charge on any atom is 0.166 e. The van der Waals surface area contributed by atoms with Gasteiger partial charge in [0.2, 0.25) is 0 Å². The third kappa shape index (κ3) is 3.63. The Kier molecular flexibility index (Phi) is 4.28. The van der Waals surface area contributed by atoms with Gasteiger partial charge in [-0.1, -0.05) is 35.0 Å². The van der Waals surface area contributed by atoms with Crippen molar-refractivity contribution in [2.45, 2.75) is 26.7 Å². The van der Waals surface area contributed by atoms with E-state index in [-0.39, 0.29) is 5.78 Å². The van der Waals surface area contributed by atoms with Gasteiger partial charge in [-0.25, -0.2) is 0 Å². The van der Waals surface area contributed by atoms with Crippen molar-refractivity contribution in [3.05, 3.63) is 46.0 Å². The third-order valence-corrected chi connectivity index (χ3v) is 2.73. The fourth-order valence-corrected chi connectivity index (χ4v) is 1.96. The number of carbonyl (C=O) groups is 1. The molecule has 0 N–H and O–H groups in total. The van der Waals surface area contributed by atoms with Gasteiger partial charge in [0.15, 0.2) is 5.78 Å². The average molecular weight is 267 g/mol. The lowest BCUT2D eigenvalue weighted by atomic mass is 10.0. The average Bonchev–Trinajstić information content (AvgIpc) is 2.16. The summed E-state index contributed by atoms with van der Waals surface area (Å²) in [5, 5.41) is 0. The Morgan fingerprint density at radius 3 is 2.60 bits per heavy atom. The van der Waals surface area contributed by atoms with Crippen molar-refractivity contribution in [2.24, 2.45) is 0 Å². The molecule has 0 atom stereocenters. The molecule has 0 aliphatic heterocycles. The van der Waals surface area contributed by atoms with E-state index >= 15 is 0 Å². The molecule has 0 amide bonds. The van der Waals surface area contributed by atoms with Crippen LogP contribution < -0.4 is 0 Å². The van der Waals surface area contributed by atoms with E-state index in [0.717, 1.165) is 27.6 Å². The van der Waals surface area contributed by atoms with Crippen molar-refractivity contribution in [1.82, 2.24) is 0 Å². The second kappa shape index (κ2) is 5.26. The molecule has 0 saturated carbocycles. The number of hydrogen-bond acceptors (Lipinski definition) is 1. The summed E-state index contributed by atoms with van der Waals surface area (Å²) in [5.74, 6) is 0.145. The summed E-state index contributed by atoms with van der Waals surface area (Å²) in [6, 6.07) is 5.76. The highest BCUT2D eigenvalue weighted by Gasteiger charge is 2.08. The minimum Gasteiger partial charge on any atom is -0.294 e. The SMILES string of the molecule is C=C(CC)CC(=O)c1cc(C)cc(Br)c1. The maximum atomic E-state index is 11.8. The molecule has 0 aromatic heterocycles. The van der Waals surface area contributed by atoms with Crippen LogP contribution in [0.25, 0.3) is 0 Å². The normalized spacial score (nSPS) is 10.1. The van der Waals surface area contributed by atoms with Crippen molar-refractivity contribution in [2.75, 3.05) is 0 Å². The number of ketones is 1. The molecule has 0 aliphatic carbocycles. The van der Waals surface area contributed by atoms with E-state index in [4.69, 9.17) is 0 Å². The summed E-state index contributed by atoms with van der Waals surface area (Å²) >= 11 is 3.39. The lowest BCUT2D eigenvalue weighted by molar-refractivity contribution is 0.0992. The molecule has 0 heterocycles. The molecular weight excluding hydrogens is 252 g/mol. The quantitative estimate of drug-likeness (QED) is 0.587. The highest BCUT2D eigenvalue weighted by molar-refractivity contribution is 9.10. The molecule has 0 unspecified atom stereocenters. The van der Waals surface area contributed by atoms with Gasteiger partial charge in [-0.2, -0.15) is 0 Å². The lowest BCUT2D eigenvalue weighted by Gasteiger charge is -2.04. The van der Waals surface area contributed by atoms with Crippen molar-refractivity contribution < 1.29 is 4.79 Å². The molecule has 1 rings (SSSR count). The largest absolute Gasteiger partial charge is 0.294 e. The Morgan fingerprint density at radius 1 is 1.40 bits per heavy atom. The fraction of sp³-hybridized carbons (Fsp3) is 0.308. The number of benzene rings is 1. The zero-order chi connectivity index (χ0) is 11.4. The standard InChI is InChI=1S/C13H15BrO/c1-4-9(2)7-13(15)11-5-10(3)6-12(14)8-11/h5-6,8H,2,4,7H2,1,3H3. The van der Waals surface area contributed by atoms with Crippen LogP contribution in [0.1, 0.15) is 35.7 Å². The monoisotopic (exact) mass is 266 g/mol.